The van der Waals surface area contributed by atoms with Crippen LogP contribution in [0.5, 0.6) is 0 Å². The number of carbonyl (C=O) groups excluding carboxylic acids is 2. The molecule has 14 nitrogen and oxygen atoms in total. The standard InChI is InChI=1S/C22H34ClF3N5O9P/c1-9(2)38-18(33)11(5)29-41(36,30-12(6)19(34)39-10(3)4)37-8-22(20(25)26)15(32)14(24)17(40-22)31-7-13(23)16(27)28-21(31)35/h7,9-12,14-15,17,20,32H,8H2,1-6H3,(H2,27,28,35)(H2,29,30,36). The maximum absolute atomic E-state index is 15.2. The van der Waals surface area contributed by atoms with E-state index in [1.54, 1.807) is 27.7 Å². The summed E-state index contributed by atoms with van der Waals surface area (Å²) >= 11 is 5.82. The van der Waals surface area contributed by atoms with Crippen LogP contribution >= 0.6 is 19.3 Å². The van der Waals surface area contributed by atoms with Crippen LogP contribution in [0, 0.1) is 0 Å². The number of nitrogens with two attached hydrogens (primary N) is 1. The van der Waals surface area contributed by atoms with Gasteiger partial charge in [0.1, 0.15) is 24.0 Å². The van der Waals surface area contributed by atoms with Crippen LogP contribution in [0.3, 0.4) is 0 Å². The van der Waals surface area contributed by atoms with E-state index in [1.807, 2.05) is 0 Å². The number of hydrogen-bond acceptors (Lipinski definition) is 11. The highest BCUT2D eigenvalue weighted by molar-refractivity contribution is 7.54. The number of ether oxygens (including phenoxy) is 3. The van der Waals surface area contributed by atoms with E-state index in [-0.39, 0.29) is 5.02 Å². The molecule has 234 valence electrons. The van der Waals surface area contributed by atoms with Gasteiger partial charge in [0.05, 0.1) is 23.8 Å². The molecule has 0 radical (unpaired) electrons. The number of hydrogen-bond donors (Lipinski definition) is 4. The molecule has 1 fully saturated rings. The molecule has 1 aliphatic heterocycles. The molecule has 2 rings (SSSR count). The number of aliphatic hydroxyl groups is 1. The van der Waals surface area contributed by atoms with Gasteiger partial charge in [-0.3, -0.25) is 18.7 Å². The third-order valence-corrected chi connectivity index (χ3v) is 7.84. The molecule has 0 aromatic carbocycles. The number of carbonyl (C=O) groups is 2. The molecule has 0 bridgehead atoms. The van der Waals surface area contributed by atoms with Crippen molar-refractivity contribution in [3.8, 4) is 0 Å². The van der Waals surface area contributed by atoms with Crippen LogP contribution < -0.4 is 21.6 Å². The van der Waals surface area contributed by atoms with Crippen molar-refractivity contribution in [2.24, 2.45) is 0 Å². The Balaban J connectivity index is 2.41. The van der Waals surface area contributed by atoms with Crippen molar-refractivity contribution in [3.63, 3.8) is 0 Å². The number of esters is 2. The number of aliphatic hydroxyl groups excluding tert-OH is 1. The zero-order valence-electron chi connectivity index (χ0n) is 23.0. The van der Waals surface area contributed by atoms with Crippen LogP contribution in [-0.4, -0.2) is 81.8 Å². The van der Waals surface area contributed by atoms with Crippen molar-refractivity contribution >= 4 is 37.0 Å². The summed E-state index contributed by atoms with van der Waals surface area (Å²) in [5.41, 5.74) is 1.02. The summed E-state index contributed by atoms with van der Waals surface area (Å²) < 4.78 is 78.7. The van der Waals surface area contributed by atoms with E-state index in [0.717, 1.165) is 6.20 Å². The number of alkyl halides is 3. The first-order chi connectivity index (χ1) is 18.8. The molecular weight excluding hydrogens is 602 g/mol. The molecule has 19 heteroatoms. The Labute approximate surface area is 238 Å². The van der Waals surface area contributed by atoms with E-state index in [9.17, 15) is 32.8 Å². The van der Waals surface area contributed by atoms with E-state index >= 15 is 4.39 Å². The second-order valence-corrected chi connectivity index (χ2v) is 12.1. The van der Waals surface area contributed by atoms with Gasteiger partial charge in [-0.05, 0) is 41.5 Å². The number of rotatable bonds is 13. The van der Waals surface area contributed by atoms with Crippen LogP contribution in [-0.2, 0) is 32.9 Å². The Kier molecular flexibility index (Phi) is 11.8. The van der Waals surface area contributed by atoms with Crippen LogP contribution in [0.2, 0.25) is 5.02 Å². The van der Waals surface area contributed by atoms with E-state index in [4.69, 9.17) is 36.1 Å². The van der Waals surface area contributed by atoms with E-state index in [2.05, 4.69) is 15.2 Å². The Morgan fingerprint density at radius 3 is 2.10 bits per heavy atom. The quantitative estimate of drug-likeness (QED) is 0.181. The molecule has 0 aliphatic carbocycles. The van der Waals surface area contributed by atoms with Crippen molar-refractivity contribution < 1.29 is 51.2 Å². The number of nitrogens with one attached hydrogen (secondary N) is 2. The maximum atomic E-state index is 15.2. The Bertz CT molecular complexity index is 1180. The number of nitrogen functional groups attached to an aromatic ring is 1. The molecular formula is C22H34ClF3N5O9P. The molecule has 6 unspecified atom stereocenters. The minimum Gasteiger partial charge on any atom is -0.462 e. The van der Waals surface area contributed by atoms with Gasteiger partial charge >= 0.3 is 25.3 Å². The molecule has 41 heavy (non-hydrogen) atoms. The van der Waals surface area contributed by atoms with Crippen molar-refractivity contribution in [2.75, 3.05) is 12.3 Å². The van der Waals surface area contributed by atoms with Gasteiger partial charge < -0.3 is 29.6 Å². The first-order valence-electron chi connectivity index (χ1n) is 12.4. The zero-order chi connectivity index (χ0) is 31.4. The topological polar surface area (TPSA) is 193 Å². The van der Waals surface area contributed by atoms with Gasteiger partial charge in [0, 0.05) is 6.20 Å². The summed E-state index contributed by atoms with van der Waals surface area (Å²) in [6.45, 7) is 7.19. The summed E-state index contributed by atoms with van der Waals surface area (Å²) in [7, 11) is -4.69. The van der Waals surface area contributed by atoms with E-state index in [0.29, 0.717) is 4.57 Å². The molecule has 1 aliphatic rings. The molecule has 0 saturated carbocycles. The molecule has 6 atom stereocenters. The van der Waals surface area contributed by atoms with Gasteiger partial charge in [-0.15, -0.1) is 0 Å². The Morgan fingerprint density at radius 2 is 1.66 bits per heavy atom. The monoisotopic (exact) mass is 635 g/mol. The molecule has 5 N–H and O–H groups in total. The van der Waals surface area contributed by atoms with Crippen LogP contribution in [0.1, 0.15) is 47.8 Å². The molecule has 1 aromatic rings. The van der Waals surface area contributed by atoms with Gasteiger partial charge in [0.2, 0.25) is 0 Å². The highest BCUT2D eigenvalue weighted by Crippen LogP contribution is 2.47. The minimum atomic E-state index is -4.69. The first kappa shape index (κ1) is 34.9. The van der Waals surface area contributed by atoms with Gasteiger partial charge in [-0.2, -0.15) is 4.98 Å². The molecule has 1 aromatic heterocycles. The summed E-state index contributed by atoms with van der Waals surface area (Å²) in [5.74, 6) is -2.22. The second-order valence-electron chi connectivity index (χ2n) is 9.82. The Morgan fingerprint density at radius 1 is 1.17 bits per heavy atom. The fourth-order valence-corrected chi connectivity index (χ4v) is 5.57. The van der Waals surface area contributed by atoms with Crippen LogP contribution in [0.25, 0.3) is 0 Å². The fourth-order valence-electron chi connectivity index (χ4n) is 3.59. The zero-order valence-corrected chi connectivity index (χ0v) is 24.7. The lowest BCUT2D eigenvalue weighted by atomic mass is 9.97. The van der Waals surface area contributed by atoms with Crippen LogP contribution in [0.15, 0.2) is 11.0 Å². The molecule has 1 saturated heterocycles. The highest BCUT2D eigenvalue weighted by Gasteiger charge is 2.62. The van der Waals surface area contributed by atoms with Crippen molar-refractivity contribution in [1.82, 2.24) is 19.7 Å². The van der Waals surface area contributed by atoms with E-state index in [1.165, 1.54) is 13.8 Å². The largest absolute Gasteiger partial charge is 0.462 e. The number of anilines is 1. The van der Waals surface area contributed by atoms with E-state index < -0.39 is 92.5 Å². The highest BCUT2D eigenvalue weighted by atomic mass is 35.5. The third kappa shape index (κ3) is 8.40. The van der Waals surface area contributed by atoms with Gasteiger partial charge in [0.25, 0.3) is 6.43 Å². The summed E-state index contributed by atoms with van der Waals surface area (Å²) in [5, 5.41) is 14.8. The number of aromatic nitrogens is 2. The predicted octanol–water partition coefficient (Wildman–Crippen LogP) is 1.69. The average Bonchev–Trinajstić information content (AvgIpc) is 3.10. The summed E-state index contributed by atoms with van der Waals surface area (Å²) in [6, 6.07) is -2.74. The molecule has 0 spiro atoms. The SMILES string of the molecule is CC(C)OC(=O)C(C)NP(=O)(NC(C)C(=O)OC(C)C)OCC1(C(F)F)OC(n2cc(Cl)c(N)nc2=O)C(F)C1O. The van der Waals surface area contributed by atoms with Gasteiger partial charge in [0.15, 0.2) is 18.0 Å². The summed E-state index contributed by atoms with van der Waals surface area (Å²) in [6.07, 6.45) is -11.5. The van der Waals surface area contributed by atoms with Crippen molar-refractivity contribution in [1.29, 1.82) is 0 Å². The van der Waals surface area contributed by atoms with Gasteiger partial charge in [-0.25, -0.2) is 28.1 Å². The lowest BCUT2D eigenvalue weighted by Gasteiger charge is -2.33. The van der Waals surface area contributed by atoms with Gasteiger partial charge in [-0.1, -0.05) is 11.6 Å². The third-order valence-electron chi connectivity index (χ3n) is 5.60. The fraction of sp³-hybridized carbons (Fsp3) is 0.727. The maximum Gasteiger partial charge on any atom is 0.351 e. The first-order valence-corrected chi connectivity index (χ1v) is 14.4. The predicted molar refractivity (Wildman–Crippen MR) is 139 cm³/mol. The lowest BCUT2D eigenvalue weighted by Crippen LogP contribution is -2.53. The normalized spacial score (nSPS) is 25.8. The van der Waals surface area contributed by atoms with Crippen molar-refractivity contribution in [2.45, 2.75) is 96.4 Å². The molecule has 2 heterocycles. The lowest BCUT2D eigenvalue weighted by molar-refractivity contribution is -0.192. The Hall–Kier alpha value is -2.27. The number of nitrogens with zero attached hydrogens (tertiary/aromatic N) is 2. The second kappa shape index (κ2) is 13.8. The van der Waals surface area contributed by atoms with Crippen LogP contribution in [0.4, 0.5) is 19.0 Å². The minimum absolute atomic E-state index is 0.330. The molecule has 0 amide bonds. The smallest absolute Gasteiger partial charge is 0.351 e. The average molecular weight is 636 g/mol. The van der Waals surface area contributed by atoms with Crippen molar-refractivity contribution in [3.05, 3.63) is 21.7 Å². The number of halogens is 4. The summed E-state index contributed by atoms with van der Waals surface area (Å²) in [4.78, 5) is 40.3.